The molecule has 0 radical (unpaired) electrons. The van der Waals surface area contributed by atoms with E-state index in [1.165, 1.54) is 58.0 Å². The predicted octanol–water partition coefficient (Wildman–Crippen LogP) is 3.65. The molecular formula is C17H34N2. The molecule has 0 aromatic heterocycles. The highest BCUT2D eigenvalue weighted by atomic mass is 15.2. The maximum Gasteiger partial charge on any atom is 0.0334 e. The van der Waals surface area contributed by atoms with E-state index in [-0.39, 0.29) is 0 Å². The highest BCUT2D eigenvalue weighted by Crippen LogP contribution is 2.38. The van der Waals surface area contributed by atoms with Crippen molar-refractivity contribution in [3.05, 3.63) is 0 Å². The fourth-order valence-corrected chi connectivity index (χ4v) is 4.50. The molecule has 1 saturated carbocycles. The Balaban J connectivity index is 2.02. The van der Waals surface area contributed by atoms with Crippen LogP contribution in [0.3, 0.4) is 0 Å². The van der Waals surface area contributed by atoms with Crippen molar-refractivity contribution in [2.24, 2.45) is 23.5 Å². The van der Waals surface area contributed by atoms with E-state index >= 15 is 0 Å². The van der Waals surface area contributed by atoms with Crippen molar-refractivity contribution in [2.75, 3.05) is 19.6 Å². The number of hydrogen-bond donors (Lipinski definition) is 1. The Morgan fingerprint density at radius 2 is 1.95 bits per heavy atom. The van der Waals surface area contributed by atoms with Gasteiger partial charge in [0.2, 0.25) is 0 Å². The molecule has 1 saturated heterocycles. The standard InChI is InChI=1S/C17H34N2/c1-14(2)16-7-5-10-19(11-8-16)17(13-18)9-4-6-15(3)12-17/h14-16H,4-13,18H2,1-3H3. The smallest absolute Gasteiger partial charge is 0.0334 e. The Morgan fingerprint density at radius 3 is 2.58 bits per heavy atom. The van der Waals surface area contributed by atoms with Gasteiger partial charge in [0, 0.05) is 12.1 Å². The first-order valence-electron chi connectivity index (χ1n) is 8.52. The molecule has 1 heterocycles. The minimum atomic E-state index is 0.337. The van der Waals surface area contributed by atoms with Crippen LogP contribution in [-0.2, 0) is 0 Å². The molecule has 2 aliphatic rings. The van der Waals surface area contributed by atoms with Crippen LogP contribution in [0.4, 0.5) is 0 Å². The van der Waals surface area contributed by atoms with Gasteiger partial charge in [-0.05, 0) is 62.9 Å². The van der Waals surface area contributed by atoms with Crippen LogP contribution in [0.5, 0.6) is 0 Å². The first kappa shape index (κ1) is 15.3. The van der Waals surface area contributed by atoms with Crippen LogP contribution in [0.1, 0.15) is 65.7 Å². The van der Waals surface area contributed by atoms with Crippen LogP contribution in [0.2, 0.25) is 0 Å². The largest absolute Gasteiger partial charge is 0.329 e. The first-order valence-corrected chi connectivity index (χ1v) is 8.52. The third-order valence-corrected chi connectivity index (χ3v) is 5.83. The van der Waals surface area contributed by atoms with Crippen molar-refractivity contribution in [3.8, 4) is 0 Å². The number of nitrogens with zero attached hydrogens (tertiary/aromatic N) is 1. The van der Waals surface area contributed by atoms with Crippen molar-refractivity contribution >= 4 is 0 Å². The summed E-state index contributed by atoms with van der Waals surface area (Å²) in [6.45, 7) is 10.6. The highest BCUT2D eigenvalue weighted by Gasteiger charge is 2.39. The monoisotopic (exact) mass is 266 g/mol. The number of likely N-dealkylation sites (tertiary alicyclic amines) is 1. The minimum Gasteiger partial charge on any atom is -0.329 e. The maximum absolute atomic E-state index is 6.24. The minimum absolute atomic E-state index is 0.337. The third-order valence-electron chi connectivity index (χ3n) is 5.83. The molecule has 1 aliphatic heterocycles. The molecule has 19 heavy (non-hydrogen) atoms. The lowest BCUT2D eigenvalue weighted by Gasteiger charge is -2.47. The average Bonchev–Trinajstić information content (AvgIpc) is 2.64. The molecule has 2 heteroatoms. The molecule has 2 nitrogen and oxygen atoms in total. The molecule has 0 amide bonds. The van der Waals surface area contributed by atoms with E-state index in [1.807, 2.05) is 0 Å². The van der Waals surface area contributed by atoms with E-state index in [0.717, 1.165) is 24.3 Å². The van der Waals surface area contributed by atoms with Gasteiger partial charge in [-0.25, -0.2) is 0 Å². The summed E-state index contributed by atoms with van der Waals surface area (Å²) >= 11 is 0. The molecule has 1 aliphatic carbocycles. The van der Waals surface area contributed by atoms with Gasteiger partial charge in [0.1, 0.15) is 0 Å². The lowest BCUT2D eigenvalue weighted by Crippen LogP contribution is -2.56. The van der Waals surface area contributed by atoms with Gasteiger partial charge in [-0.15, -0.1) is 0 Å². The molecule has 0 aromatic rings. The van der Waals surface area contributed by atoms with E-state index in [4.69, 9.17) is 5.73 Å². The van der Waals surface area contributed by atoms with Crippen LogP contribution < -0.4 is 5.73 Å². The predicted molar refractivity (Wildman–Crippen MR) is 83.2 cm³/mol. The van der Waals surface area contributed by atoms with Gasteiger partial charge in [-0.3, -0.25) is 4.90 Å². The van der Waals surface area contributed by atoms with E-state index in [0.29, 0.717) is 5.54 Å². The second-order valence-corrected chi connectivity index (χ2v) is 7.55. The van der Waals surface area contributed by atoms with Crippen molar-refractivity contribution in [2.45, 2.75) is 71.3 Å². The molecule has 112 valence electrons. The fraction of sp³-hybridized carbons (Fsp3) is 1.00. The lowest BCUT2D eigenvalue weighted by atomic mass is 9.75. The summed E-state index contributed by atoms with van der Waals surface area (Å²) in [6, 6.07) is 0. The van der Waals surface area contributed by atoms with Crippen molar-refractivity contribution in [3.63, 3.8) is 0 Å². The molecule has 2 N–H and O–H groups in total. The molecule has 2 rings (SSSR count). The van der Waals surface area contributed by atoms with Crippen LogP contribution in [0.15, 0.2) is 0 Å². The quantitative estimate of drug-likeness (QED) is 0.845. The van der Waals surface area contributed by atoms with Gasteiger partial charge in [0.25, 0.3) is 0 Å². The second-order valence-electron chi connectivity index (χ2n) is 7.55. The summed E-state index contributed by atoms with van der Waals surface area (Å²) in [4.78, 5) is 2.78. The Kier molecular flexibility index (Phi) is 5.30. The molecule has 0 spiro atoms. The van der Waals surface area contributed by atoms with Crippen LogP contribution in [0.25, 0.3) is 0 Å². The van der Waals surface area contributed by atoms with Gasteiger partial charge in [0.05, 0.1) is 0 Å². The second kappa shape index (κ2) is 6.58. The van der Waals surface area contributed by atoms with Gasteiger partial charge >= 0.3 is 0 Å². The summed E-state index contributed by atoms with van der Waals surface area (Å²) in [5.41, 5.74) is 6.57. The highest BCUT2D eigenvalue weighted by molar-refractivity contribution is 4.96. The maximum atomic E-state index is 6.24. The van der Waals surface area contributed by atoms with Gasteiger partial charge in [0.15, 0.2) is 0 Å². The molecule has 0 aromatic carbocycles. The summed E-state index contributed by atoms with van der Waals surface area (Å²) < 4.78 is 0. The van der Waals surface area contributed by atoms with Gasteiger partial charge < -0.3 is 5.73 Å². The molecule has 2 fully saturated rings. The van der Waals surface area contributed by atoms with Gasteiger partial charge in [-0.1, -0.05) is 33.6 Å². The van der Waals surface area contributed by atoms with Crippen LogP contribution in [-0.4, -0.2) is 30.1 Å². The van der Waals surface area contributed by atoms with E-state index < -0.39 is 0 Å². The summed E-state index contributed by atoms with van der Waals surface area (Å²) in [6.07, 6.45) is 9.62. The third kappa shape index (κ3) is 3.52. The van der Waals surface area contributed by atoms with Crippen molar-refractivity contribution in [1.29, 1.82) is 0 Å². The number of hydrogen-bond acceptors (Lipinski definition) is 2. The SMILES string of the molecule is CC1CCCC(CN)(N2CCCC(C(C)C)CC2)C1. The Labute approximate surface area is 120 Å². The Bertz CT molecular complexity index is 276. The number of nitrogens with two attached hydrogens (primary N) is 1. The first-order chi connectivity index (χ1) is 9.07. The molecule has 0 bridgehead atoms. The molecular weight excluding hydrogens is 232 g/mol. The normalized spacial score (nSPS) is 38.4. The topological polar surface area (TPSA) is 29.3 Å². The van der Waals surface area contributed by atoms with E-state index in [9.17, 15) is 0 Å². The average molecular weight is 266 g/mol. The van der Waals surface area contributed by atoms with Crippen molar-refractivity contribution < 1.29 is 0 Å². The lowest BCUT2D eigenvalue weighted by molar-refractivity contribution is 0.0406. The zero-order chi connectivity index (χ0) is 13.9. The van der Waals surface area contributed by atoms with Crippen LogP contribution >= 0.6 is 0 Å². The summed E-state index contributed by atoms with van der Waals surface area (Å²) in [5, 5.41) is 0. The van der Waals surface area contributed by atoms with Gasteiger partial charge in [-0.2, -0.15) is 0 Å². The Hall–Kier alpha value is -0.0800. The summed E-state index contributed by atoms with van der Waals surface area (Å²) in [5.74, 6) is 2.64. The number of rotatable bonds is 3. The zero-order valence-electron chi connectivity index (χ0n) is 13.3. The van der Waals surface area contributed by atoms with E-state index in [1.54, 1.807) is 0 Å². The molecule has 3 unspecified atom stereocenters. The summed E-state index contributed by atoms with van der Waals surface area (Å²) in [7, 11) is 0. The fourth-order valence-electron chi connectivity index (χ4n) is 4.50. The molecule has 3 atom stereocenters. The van der Waals surface area contributed by atoms with E-state index in [2.05, 4.69) is 25.7 Å². The van der Waals surface area contributed by atoms with Crippen molar-refractivity contribution in [1.82, 2.24) is 4.90 Å². The Morgan fingerprint density at radius 1 is 1.16 bits per heavy atom. The van der Waals surface area contributed by atoms with Crippen LogP contribution in [0, 0.1) is 17.8 Å². The zero-order valence-corrected chi connectivity index (χ0v) is 13.3.